The Bertz CT molecular complexity index is 1670. The molecule has 3 aromatic rings. The van der Waals surface area contributed by atoms with Gasteiger partial charge in [-0.3, -0.25) is 24.0 Å². The molecule has 0 bridgehead atoms. The Morgan fingerprint density at radius 3 is 1.67 bits per heavy atom. The fourth-order valence-electron chi connectivity index (χ4n) is 4.98. The van der Waals surface area contributed by atoms with Gasteiger partial charge in [0.1, 0.15) is 10.1 Å². The second-order valence-electron chi connectivity index (χ2n) is 9.80. The minimum absolute atomic E-state index is 0.000882. The van der Waals surface area contributed by atoms with Crippen molar-refractivity contribution < 1.29 is 42.6 Å². The van der Waals surface area contributed by atoms with Crippen LogP contribution in [0.2, 0.25) is 0 Å². The van der Waals surface area contributed by atoms with E-state index in [0.29, 0.717) is 37.4 Å². The van der Waals surface area contributed by atoms with E-state index in [4.69, 9.17) is 41.8 Å². The van der Waals surface area contributed by atoms with Crippen molar-refractivity contribution in [2.45, 2.75) is 12.7 Å². The highest BCUT2D eigenvalue weighted by atomic mass is 35.5. The number of carbonyl (C=O) groups is 5. The van der Waals surface area contributed by atoms with Gasteiger partial charge in [0.05, 0.1) is 24.3 Å². The Morgan fingerprint density at radius 1 is 0.767 bits per heavy atom. The summed E-state index contributed by atoms with van der Waals surface area (Å²) in [6.07, 6.45) is 0. The molecule has 3 aliphatic rings. The van der Waals surface area contributed by atoms with Gasteiger partial charge in [0.25, 0.3) is 5.91 Å². The molecule has 0 N–H and O–H groups in total. The number of morpholine rings is 1. The molecular formula is C31H25Cl2NO9. The SMILES string of the molecule is COC(C)(OC)c1oc2c(c1C(=O)N1CCOCC1)C(=O)c1ccccc1C2=O.O=C1C(Cl)=C(Cl)C(=O)c2ccccc21. The molecule has 2 aromatic carbocycles. The van der Waals surface area contributed by atoms with Crippen molar-refractivity contribution in [3.63, 3.8) is 0 Å². The summed E-state index contributed by atoms with van der Waals surface area (Å²) in [4.78, 5) is 64.4. The number of hydrogen-bond donors (Lipinski definition) is 0. The van der Waals surface area contributed by atoms with Crippen LogP contribution in [0.15, 0.2) is 63.0 Å². The standard InChI is InChI=1S/C21H21NO7.C10H4Cl2O2/c1-21(26-2,27-3)19-15(20(25)22-8-10-28-11-9-22)14-16(23)12-6-4-5-7-13(12)17(24)18(14)29-19;11-7-8(12)10(14)6-4-2-1-3-5(6)9(7)13/h4-7H,8-11H2,1-3H3;1-4H. The van der Waals surface area contributed by atoms with Crippen LogP contribution in [0.1, 0.15) is 75.8 Å². The van der Waals surface area contributed by atoms with Crippen LogP contribution in [0.5, 0.6) is 0 Å². The molecule has 10 nitrogen and oxygen atoms in total. The predicted octanol–water partition coefficient (Wildman–Crippen LogP) is 4.75. The van der Waals surface area contributed by atoms with E-state index >= 15 is 0 Å². The van der Waals surface area contributed by atoms with Crippen LogP contribution in [0.3, 0.4) is 0 Å². The molecule has 1 aromatic heterocycles. The normalized spacial score (nSPS) is 16.3. The molecule has 1 saturated heterocycles. The smallest absolute Gasteiger partial charge is 0.258 e. The molecule has 1 amide bonds. The van der Waals surface area contributed by atoms with Gasteiger partial charge in [0, 0.05) is 49.6 Å². The van der Waals surface area contributed by atoms with Crippen molar-refractivity contribution in [2.75, 3.05) is 40.5 Å². The second kappa shape index (κ2) is 12.0. The molecule has 0 radical (unpaired) electrons. The third-order valence-electron chi connectivity index (χ3n) is 7.47. The number of allylic oxidation sites excluding steroid dienone is 2. The number of carbonyl (C=O) groups excluding carboxylic acids is 5. The van der Waals surface area contributed by atoms with Crippen molar-refractivity contribution in [1.82, 2.24) is 4.90 Å². The number of methoxy groups -OCH3 is 2. The largest absolute Gasteiger partial charge is 0.450 e. The molecular weight excluding hydrogens is 601 g/mol. The maximum atomic E-state index is 13.4. The summed E-state index contributed by atoms with van der Waals surface area (Å²) in [5.41, 5.74) is 1.07. The lowest BCUT2D eigenvalue weighted by Gasteiger charge is -2.29. The number of ether oxygens (including phenoxy) is 3. The molecule has 1 fully saturated rings. The predicted molar refractivity (Wildman–Crippen MR) is 154 cm³/mol. The number of furan rings is 1. The van der Waals surface area contributed by atoms with Crippen LogP contribution in [0.4, 0.5) is 0 Å². The average Bonchev–Trinajstić information content (AvgIpc) is 3.47. The number of benzene rings is 2. The van der Waals surface area contributed by atoms with Gasteiger partial charge in [-0.15, -0.1) is 0 Å². The first-order chi connectivity index (χ1) is 20.6. The van der Waals surface area contributed by atoms with E-state index in [9.17, 15) is 24.0 Å². The van der Waals surface area contributed by atoms with Crippen molar-refractivity contribution >= 4 is 52.2 Å². The lowest BCUT2D eigenvalue weighted by Crippen LogP contribution is -2.42. The number of rotatable bonds is 4. The molecule has 6 rings (SSSR count). The van der Waals surface area contributed by atoms with Crippen LogP contribution in [0, 0.1) is 0 Å². The van der Waals surface area contributed by atoms with E-state index in [1.807, 2.05) is 0 Å². The van der Waals surface area contributed by atoms with Crippen LogP contribution in [-0.4, -0.2) is 74.5 Å². The molecule has 0 atom stereocenters. The minimum atomic E-state index is -1.46. The van der Waals surface area contributed by atoms with Gasteiger partial charge in [0.2, 0.25) is 23.1 Å². The fourth-order valence-corrected chi connectivity index (χ4v) is 5.35. The first-order valence-electron chi connectivity index (χ1n) is 13.1. The quantitative estimate of drug-likeness (QED) is 0.295. The molecule has 222 valence electrons. The molecule has 0 unspecified atom stereocenters. The average molecular weight is 626 g/mol. The Morgan fingerprint density at radius 2 is 1.21 bits per heavy atom. The van der Waals surface area contributed by atoms with E-state index in [1.165, 1.54) is 14.2 Å². The Hall–Kier alpha value is -3.93. The van der Waals surface area contributed by atoms with Crippen molar-refractivity contribution in [3.8, 4) is 0 Å². The minimum Gasteiger partial charge on any atom is -0.450 e. The van der Waals surface area contributed by atoms with Gasteiger partial charge in [0.15, 0.2) is 17.3 Å². The summed E-state index contributed by atoms with van der Waals surface area (Å²) in [7, 11) is 2.79. The van der Waals surface area contributed by atoms with Crippen LogP contribution in [0.25, 0.3) is 0 Å². The molecule has 0 spiro atoms. The van der Waals surface area contributed by atoms with Gasteiger partial charge >= 0.3 is 0 Å². The third-order valence-corrected chi connectivity index (χ3v) is 8.29. The molecule has 2 heterocycles. The molecule has 43 heavy (non-hydrogen) atoms. The summed E-state index contributed by atoms with van der Waals surface area (Å²) >= 11 is 11.2. The van der Waals surface area contributed by atoms with E-state index < -0.39 is 34.8 Å². The fraction of sp³-hybridized carbons (Fsp3) is 0.258. The number of fused-ring (bicyclic) bond motifs is 3. The summed E-state index contributed by atoms with van der Waals surface area (Å²) < 4.78 is 22.0. The summed E-state index contributed by atoms with van der Waals surface area (Å²) in [5.74, 6) is -3.73. The Kier molecular flexibility index (Phi) is 8.51. The molecule has 1 aliphatic heterocycles. The van der Waals surface area contributed by atoms with Crippen molar-refractivity contribution in [1.29, 1.82) is 0 Å². The first-order valence-corrected chi connectivity index (χ1v) is 13.9. The van der Waals surface area contributed by atoms with Gasteiger partial charge < -0.3 is 23.5 Å². The maximum absolute atomic E-state index is 13.4. The van der Waals surface area contributed by atoms with Crippen molar-refractivity contribution in [3.05, 3.63) is 103 Å². The maximum Gasteiger partial charge on any atom is 0.258 e. The third kappa shape index (κ3) is 5.15. The van der Waals surface area contributed by atoms with Gasteiger partial charge in [-0.2, -0.15) is 0 Å². The summed E-state index contributed by atoms with van der Waals surface area (Å²) in [5, 5.41) is -0.397. The summed E-state index contributed by atoms with van der Waals surface area (Å²) in [6.45, 7) is 3.09. The monoisotopic (exact) mass is 625 g/mol. The number of Topliss-reactive ketones (excluding diaryl/α,β-unsaturated/α-hetero) is 2. The van der Waals surface area contributed by atoms with Crippen LogP contribution >= 0.6 is 23.2 Å². The highest BCUT2D eigenvalue weighted by molar-refractivity contribution is 6.59. The topological polar surface area (TPSA) is 129 Å². The Labute approximate surface area is 256 Å². The van der Waals surface area contributed by atoms with E-state index in [-0.39, 0.29) is 43.8 Å². The van der Waals surface area contributed by atoms with E-state index in [2.05, 4.69) is 0 Å². The number of hydrogen-bond acceptors (Lipinski definition) is 9. The molecule has 0 saturated carbocycles. The molecule has 2 aliphatic carbocycles. The molecule has 12 heteroatoms. The highest BCUT2D eigenvalue weighted by Gasteiger charge is 2.46. The van der Waals surface area contributed by atoms with Crippen LogP contribution in [-0.2, 0) is 20.0 Å². The Balaban J connectivity index is 0.000000220. The van der Waals surface area contributed by atoms with Gasteiger partial charge in [-0.05, 0) is 6.92 Å². The number of ketones is 4. The zero-order valence-corrected chi connectivity index (χ0v) is 24.8. The number of halogens is 2. The number of nitrogens with zero attached hydrogens (tertiary/aromatic N) is 1. The number of amides is 1. The van der Waals surface area contributed by atoms with E-state index in [0.717, 1.165) is 0 Å². The zero-order valence-electron chi connectivity index (χ0n) is 23.3. The van der Waals surface area contributed by atoms with Crippen molar-refractivity contribution in [2.24, 2.45) is 0 Å². The lowest BCUT2D eigenvalue weighted by atomic mass is 9.85. The highest BCUT2D eigenvalue weighted by Crippen LogP contribution is 2.40. The van der Waals surface area contributed by atoms with Gasteiger partial charge in [-0.25, -0.2) is 0 Å². The first kappa shape index (κ1) is 30.5. The summed E-state index contributed by atoms with van der Waals surface area (Å²) in [6, 6.07) is 12.9. The lowest BCUT2D eigenvalue weighted by molar-refractivity contribution is -0.213. The van der Waals surface area contributed by atoms with Crippen LogP contribution < -0.4 is 0 Å². The second-order valence-corrected chi connectivity index (χ2v) is 10.6. The zero-order chi connectivity index (χ0) is 31.1. The van der Waals surface area contributed by atoms with E-state index in [1.54, 1.807) is 60.4 Å². The van der Waals surface area contributed by atoms with Gasteiger partial charge in [-0.1, -0.05) is 71.7 Å².